The number of hydrogen-bond donors (Lipinski definition) is 1. The standard InChI is InChI=1S/C21H29N5OS.HI/c1-22-21(26-14-12-25(13-15-26)20-9-6-16-28-20)23-11-10-19(27)24(2)17-18-7-4-3-5-8-18;/h3-9,16H,10-15,17H2,1-2H3,(H,22,23);1H. The predicted octanol–water partition coefficient (Wildman–Crippen LogP) is 3.11. The quantitative estimate of drug-likeness (QED) is 0.357. The molecular weight excluding hydrogens is 497 g/mol. The highest BCUT2D eigenvalue weighted by atomic mass is 127. The van der Waals surface area contributed by atoms with Gasteiger partial charge >= 0.3 is 0 Å². The third-order valence-electron chi connectivity index (χ3n) is 4.92. The minimum atomic E-state index is 0. The Bertz CT molecular complexity index is 761. The van der Waals surface area contributed by atoms with Crippen molar-refractivity contribution < 1.29 is 4.79 Å². The molecule has 0 spiro atoms. The van der Waals surface area contributed by atoms with E-state index in [2.05, 4.69) is 37.6 Å². The van der Waals surface area contributed by atoms with Crippen molar-refractivity contribution in [3.63, 3.8) is 0 Å². The number of guanidine groups is 1. The highest BCUT2D eigenvalue weighted by Crippen LogP contribution is 2.22. The van der Waals surface area contributed by atoms with Crippen molar-refractivity contribution in [1.29, 1.82) is 0 Å². The molecule has 0 saturated carbocycles. The lowest BCUT2D eigenvalue weighted by Gasteiger charge is -2.37. The number of nitrogens with zero attached hydrogens (tertiary/aromatic N) is 4. The van der Waals surface area contributed by atoms with E-state index in [1.165, 1.54) is 5.00 Å². The summed E-state index contributed by atoms with van der Waals surface area (Å²) in [6, 6.07) is 14.3. The van der Waals surface area contributed by atoms with Crippen LogP contribution in [0, 0.1) is 0 Å². The number of hydrogen-bond acceptors (Lipinski definition) is 4. The van der Waals surface area contributed by atoms with Gasteiger partial charge in [0.15, 0.2) is 5.96 Å². The summed E-state index contributed by atoms with van der Waals surface area (Å²) in [7, 11) is 3.66. The number of thiophene rings is 1. The van der Waals surface area contributed by atoms with Gasteiger partial charge in [-0.3, -0.25) is 9.79 Å². The fraction of sp³-hybridized carbons (Fsp3) is 0.429. The molecule has 3 rings (SSSR count). The van der Waals surface area contributed by atoms with E-state index >= 15 is 0 Å². The summed E-state index contributed by atoms with van der Waals surface area (Å²) in [5.41, 5.74) is 1.14. The Morgan fingerprint density at radius 1 is 1.14 bits per heavy atom. The summed E-state index contributed by atoms with van der Waals surface area (Å²) < 4.78 is 0. The van der Waals surface area contributed by atoms with Crippen LogP contribution in [0.2, 0.25) is 0 Å². The Hall–Kier alpha value is -1.81. The Kier molecular flexibility index (Phi) is 9.72. The van der Waals surface area contributed by atoms with Crippen LogP contribution in [-0.2, 0) is 11.3 Å². The fourth-order valence-corrected chi connectivity index (χ4v) is 4.12. The number of rotatable bonds is 6. The molecule has 0 aliphatic carbocycles. The van der Waals surface area contributed by atoms with E-state index < -0.39 is 0 Å². The van der Waals surface area contributed by atoms with Gasteiger partial charge in [0, 0.05) is 59.8 Å². The first-order valence-electron chi connectivity index (χ1n) is 9.69. The molecule has 0 atom stereocenters. The summed E-state index contributed by atoms with van der Waals surface area (Å²) in [6.45, 7) is 5.06. The third-order valence-corrected chi connectivity index (χ3v) is 5.85. The maximum Gasteiger partial charge on any atom is 0.224 e. The van der Waals surface area contributed by atoms with Crippen LogP contribution in [-0.4, -0.2) is 68.5 Å². The van der Waals surface area contributed by atoms with Crippen molar-refractivity contribution in [2.24, 2.45) is 4.99 Å². The first-order chi connectivity index (χ1) is 13.7. The van der Waals surface area contributed by atoms with Crippen LogP contribution in [0.25, 0.3) is 0 Å². The molecular formula is C21H30IN5OS. The van der Waals surface area contributed by atoms with Gasteiger partial charge < -0.3 is 20.0 Å². The summed E-state index contributed by atoms with van der Waals surface area (Å²) >= 11 is 1.78. The van der Waals surface area contributed by atoms with E-state index in [1.54, 1.807) is 23.3 Å². The third kappa shape index (κ3) is 6.88. The average molecular weight is 527 g/mol. The van der Waals surface area contributed by atoms with Gasteiger partial charge in [-0.25, -0.2) is 0 Å². The van der Waals surface area contributed by atoms with Gasteiger partial charge in [0.05, 0.1) is 5.00 Å². The van der Waals surface area contributed by atoms with E-state index in [1.807, 2.05) is 37.4 Å². The van der Waals surface area contributed by atoms with Gasteiger partial charge in [-0.05, 0) is 23.1 Å². The highest BCUT2D eigenvalue weighted by Gasteiger charge is 2.20. The van der Waals surface area contributed by atoms with Crippen molar-refractivity contribution in [3.8, 4) is 0 Å². The monoisotopic (exact) mass is 527 g/mol. The molecule has 29 heavy (non-hydrogen) atoms. The molecule has 0 unspecified atom stereocenters. The molecule has 1 amide bonds. The number of aliphatic imine (C=N–C) groups is 1. The molecule has 8 heteroatoms. The number of nitrogens with one attached hydrogen (secondary N) is 1. The number of benzene rings is 1. The zero-order valence-electron chi connectivity index (χ0n) is 17.1. The first kappa shape index (κ1) is 23.5. The molecule has 2 heterocycles. The highest BCUT2D eigenvalue weighted by molar-refractivity contribution is 14.0. The van der Waals surface area contributed by atoms with Gasteiger partial charge in [-0.1, -0.05) is 30.3 Å². The first-order valence-corrected chi connectivity index (χ1v) is 10.6. The van der Waals surface area contributed by atoms with Crippen molar-refractivity contribution in [2.45, 2.75) is 13.0 Å². The molecule has 0 radical (unpaired) electrons. The van der Waals surface area contributed by atoms with Crippen molar-refractivity contribution in [3.05, 3.63) is 53.4 Å². The Labute approximate surface area is 194 Å². The van der Waals surface area contributed by atoms with Gasteiger partial charge in [-0.15, -0.1) is 35.3 Å². The Morgan fingerprint density at radius 3 is 2.48 bits per heavy atom. The van der Waals surface area contributed by atoms with E-state index in [-0.39, 0.29) is 29.9 Å². The lowest BCUT2D eigenvalue weighted by molar-refractivity contribution is -0.130. The van der Waals surface area contributed by atoms with Crippen LogP contribution < -0.4 is 10.2 Å². The van der Waals surface area contributed by atoms with E-state index in [9.17, 15) is 4.79 Å². The van der Waals surface area contributed by atoms with E-state index in [0.717, 1.165) is 37.7 Å². The SMILES string of the molecule is CN=C(NCCC(=O)N(C)Cc1ccccc1)N1CCN(c2cccs2)CC1.I. The number of carbonyl (C=O) groups excluding carboxylic acids is 1. The zero-order chi connectivity index (χ0) is 19.8. The van der Waals surface area contributed by atoms with Gasteiger partial charge in [0.25, 0.3) is 0 Å². The van der Waals surface area contributed by atoms with Crippen LogP contribution in [0.4, 0.5) is 5.00 Å². The molecule has 158 valence electrons. The molecule has 0 bridgehead atoms. The smallest absolute Gasteiger partial charge is 0.224 e. The molecule has 1 N–H and O–H groups in total. The maximum absolute atomic E-state index is 12.4. The molecule has 1 saturated heterocycles. The van der Waals surface area contributed by atoms with Crippen molar-refractivity contribution in [1.82, 2.24) is 15.1 Å². The topological polar surface area (TPSA) is 51.2 Å². The number of amides is 1. The fourth-order valence-electron chi connectivity index (χ4n) is 3.34. The second-order valence-electron chi connectivity index (χ2n) is 6.88. The van der Waals surface area contributed by atoms with E-state index in [0.29, 0.717) is 19.5 Å². The van der Waals surface area contributed by atoms with Gasteiger partial charge in [0.1, 0.15) is 0 Å². The van der Waals surface area contributed by atoms with E-state index in [4.69, 9.17) is 0 Å². The molecule has 1 aliphatic heterocycles. The molecule has 1 fully saturated rings. The maximum atomic E-state index is 12.4. The van der Waals surface area contributed by atoms with Crippen LogP contribution >= 0.6 is 35.3 Å². The van der Waals surface area contributed by atoms with Crippen LogP contribution in [0.3, 0.4) is 0 Å². The lowest BCUT2D eigenvalue weighted by atomic mass is 10.2. The zero-order valence-corrected chi connectivity index (χ0v) is 20.2. The summed E-state index contributed by atoms with van der Waals surface area (Å²) in [5, 5.41) is 6.80. The molecule has 1 aromatic heterocycles. The number of anilines is 1. The Balaban J connectivity index is 0.00000300. The van der Waals surface area contributed by atoms with Crippen LogP contribution in [0.1, 0.15) is 12.0 Å². The second kappa shape index (κ2) is 12.0. The minimum absolute atomic E-state index is 0. The van der Waals surface area contributed by atoms with Gasteiger partial charge in [-0.2, -0.15) is 0 Å². The lowest BCUT2D eigenvalue weighted by Crippen LogP contribution is -2.52. The average Bonchev–Trinajstić information content (AvgIpc) is 3.27. The summed E-state index contributed by atoms with van der Waals surface area (Å²) in [5.74, 6) is 1.01. The van der Waals surface area contributed by atoms with Crippen LogP contribution in [0.15, 0.2) is 52.8 Å². The number of carbonyl (C=O) groups is 1. The largest absolute Gasteiger partial charge is 0.360 e. The van der Waals surface area contributed by atoms with Crippen LogP contribution in [0.5, 0.6) is 0 Å². The minimum Gasteiger partial charge on any atom is -0.360 e. The molecule has 1 aromatic carbocycles. The molecule has 1 aliphatic rings. The number of halogens is 1. The molecule has 2 aromatic rings. The summed E-state index contributed by atoms with van der Waals surface area (Å²) in [4.78, 5) is 23.3. The Morgan fingerprint density at radius 2 is 1.86 bits per heavy atom. The van der Waals surface area contributed by atoms with Gasteiger partial charge in [0.2, 0.25) is 5.91 Å². The molecule has 6 nitrogen and oxygen atoms in total. The predicted molar refractivity (Wildman–Crippen MR) is 132 cm³/mol. The van der Waals surface area contributed by atoms with Crippen molar-refractivity contribution >= 4 is 52.2 Å². The van der Waals surface area contributed by atoms with Crippen molar-refractivity contribution in [2.75, 3.05) is 51.7 Å². The summed E-state index contributed by atoms with van der Waals surface area (Å²) in [6.07, 6.45) is 0.456. The normalized spacial score (nSPS) is 14.3. The second-order valence-corrected chi connectivity index (χ2v) is 7.81. The number of piperazine rings is 1.